The van der Waals surface area contributed by atoms with Crippen molar-refractivity contribution < 1.29 is 14.6 Å². The van der Waals surface area contributed by atoms with Gasteiger partial charge < -0.3 is 9.84 Å². The van der Waals surface area contributed by atoms with E-state index in [-0.39, 0.29) is 16.8 Å². The fraction of sp³-hybridized carbons (Fsp3) is 0.833. The van der Waals surface area contributed by atoms with Gasteiger partial charge in [0.1, 0.15) is 5.60 Å². The number of ether oxygens (including phenoxy) is 1. The molecule has 0 aromatic heterocycles. The van der Waals surface area contributed by atoms with Crippen molar-refractivity contribution in [3.05, 3.63) is 12.2 Å². The zero-order chi connectivity index (χ0) is 16.1. The maximum absolute atomic E-state index is 11.9. The summed E-state index contributed by atoms with van der Waals surface area (Å²) in [6, 6.07) is 0. The molecule has 4 aliphatic rings. The van der Waals surface area contributed by atoms with E-state index in [9.17, 15) is 9.90 Å². The van der Waals surface area contributed by atoms with Gasteiger partial charge in [-0.1, -0.05) is 34.3 Å². The highest BCUT2D eigenvalue weighted by atomic mass is 16.6. The third-order valence-corrected chi connectivity index (χ3v) is 5.17. The Morgan fingerprint density at radius 1 is 1.00 bits per heavy atom. The molecule has 0 heterocycles. The van der Waals surface area contributed by atoms with E-state index >= 15 is 0 Å². The van der Waals surface area contributed by atoms with Crippen LogP contribution in [0.2, 0.25) is 0 Å². The van der Waals surface area contributed by atoms with Gasteiger partial charge in [0.25, 0.3) is 0 Å². The fourth-order valence-corrected chi connectivity index (χ4v) is 5.92. The summed E-state index contributed by atoms with van der Waals surface area (Å²) in [5.41, 5.74) is -0.462. The highest BCUT2D eigenvalue weighted by molar-refractivity contribution is 5.87. The number of esters is 1. The average molecular weight is 294 g/mol. The van der Waals surface area contributed by atoms with E-state index in [1.807, 2.05) is 13.8 Å². The molecule has 4 fully saturated rings. The molecule has 21 heavy (non-hydrogen) atoms. The van der Waals surface area contributed by atoms with Crippen LogP contribution in [0.4, 0.5) is 0 Å². The minimum Gasteiger partial charge on any atom is -0.456 e. The van der Waals surface area contributed by atoms with Gasteiger partial charge in [-0.2, -0.15) is 0 Å². The lowest BCUT2D eigenvalue weighted by atomic mass is 9.42. The quantitative estimate of drug-likeness (QED) is 0.618. The van der Waals surface area contributed by atoms with Crippen LogP contribution < -0.4 is 0 Å². The predicted octanol–water partition coefficient (Wildman–Crippen LogP) is 4.00. The Bertz CT molecular complexity index is 412. The number of hydrogen-bond donors (Lipinski definition) is 1. The molecule has 0 amide bonds. The molecule has 1 N–H and O–H groups in total. The molecule has 4 aliphatic carbocycles. The van der Waals surface area contributed by atoms with E-state index in [0.717, 1.165) is 32.1 Å². The van der Waals surface area contributed by atoms with Gasteiger partial charge in [0.15, 0.2) is 0 Å². The van der Waals surface area contributed by atoms with Gasteiger partial charge in [-0.05, 0) is 49.9 Å². The SMILES string of the molecule is C=C(C)C(=O)OC12CC3(C)CC(C)(CC(O)(C3)C1)C2.CC. The minimum absolute atomic E-state index is 0.105. The first-order chi connectivity index (χ1) is 9.57. The van der Waals surface area contributed by atoms with Gasteiger partial charge in [0, 0.05) is 12.0 Å². The zero-order valence-electron chi connectivity index (χ0n) is 14.2. The number of rotatable bonds is 2. The molecular weight excluding hydrogens is 264 g/mol. The Morgan fingerprint density at radius 2 is 1.48 bits per heavy atom. The number of carbonyl (C=O) groups excluding carboxylic acids is 1. The van der Waals surface area contributed by atoms with Gasteiger partial charge in [0.2, 0.25) is 0 Å². The number of carbonyl (C=O) groups is 1. The van der Waals surface area contributed by atoms with Crippen molar-refractivity contribution in [1.29, 1.82) is 0 Å². The predicted molar refractivity (Wildman–Crippen MR) is 83.9 cm³/mol. The average Bonchev–Trinajstić information content (AvgIpc) is 2.23. The van der Waals surface area contributed by atoms with Crippen molar-refractivity contribution >= 4 is 5.97 Å². The molecule has 0 radical (unpaired) electrons. The second kappa shape index (κ2) is 4.84. The summed E-state index contributed by atoms with van der Waals surface area (Å²) in [4.78, 5) is 11.9. The monoisotopic (exact) mass is 294 g/mol. The fourth-order valence-electron chi connectivity index (χ4n) is 5.92. The summed E-state index contributed by atoms with van der Waals surface area (Å²) < 4.78 is 5.81. The van der Waals surface area contributed by atoms with Crippen LogP contribution >= 0.6 is 0 Å². The smallest absolute Gasteiger partial charge is 0.333 e. The van der Waals surface area contributed by atoms with Gasteiger partial charge >= 0.3 is 5.97 Å². The molecule has 4 bridgehead atoms. The molecule has 3 heteroatoms. The van der Waals surface area contributed by atoms with Gasteiger partial charge in [-0.3, -0.25) is 0 Å². The van der Waals surface area contributed by atoms with Crippen molar-refractivity contribution in [3.8, 4) is 0 Å². The Balaban J connectivity index is 0.000000774. The zero-order valence-corrected chi connectivity index (χ0v) is 14.2. The molecule has 4 rings (SSSR count). The molecule has 3 nitrogen and oxygen atoms in total. The van der Waals surface area contributed by atoms with Crippen LogP contribution in [0.3, 0.4) is 0 Å². The van der Waals surface area contributed by atoms with Crippen LogP contribution in [0.25, 0.3) is 0 Å². The van der Waals surface area contributed by atoms with Crippen molar-refractivity contribution in [3.63, 3.8) is 0 Å². The van der Waals surface area contributed by atoms with Crippen molar-refractivity contribution in [2.75, 3.05) is 0 Å². The Labute approximate surface area is 128 Å². The Kier molecular flexibility index (Phi) is 3.81. The van der Waals surface area contributed by atoms with Crippen LogP contribution in [-0.4, -0.2) is 22.3 Å². The van der Waals surface area contributed by atoms with E-state index in [0.29, 0.717) is 12.0 Å². The van der Waals surface area contributed by atoms with E-state index < -0.39 is 11.2 Å². The van der Waals surface area contributed by atoms with Crippen LogP contribution in [0.15, 0.2) is 12.2 Å². The lowest BCUT2D eigenvalue weighted by molar-refractivity contribution is -0.258. The molecule has 120 valence electrons. The second-order valence-corrected chi connectivity index (χ2v) is 8.26. The normalized spacial score (nSPS) is 46.6. The van der Waals surface area contributed by atoms with Crippen molar-refractivity contribution in [2.45, 2.75) is 84.3 Å². The summed E-state index contributed by atoms with van der Waals surface area (Å²) in [6.07, 6.45) is 5.21. The Morgan fingerprint density at radius 3 is 1.86 bits per heavy atom. The first-order valence-electron chi connectivity index (χ1n) is 8.18. The van der Waals surface area contributed by atoms with Crippen LogP contribution in [-0.2, 0) is 9.53 Å². The van der Waals surface area contributed by atoms with E-state index in [4.69, 9.17) is 4.74 Å². The van der Waals surface area contributed by atoms with E-state index in [1.165, 1.54) is 0 Å². The molecule has 2 unspecified atom stereocenters. The second-order valence-electron chi connectivity index (χ2n) is 8.26. The maximum atomic E-state index is 11.9. The van der Waals surface area contributed by atoms with Gasteiger partial charge in [-0.25, -0.2) is 4.79 Å². The van der Waals surface area contributed by atoms with Crippen molar-refractivity contribution in [1.82, 2.24) is 0 Å². The molecule has 2 atom stereocenters. The maximum Gasteiger partial charge on any atom is 0.333 e. The molecule has 4 saturated carbocycles. The lowest BCUT2D eigenvalue weighted by Gasteiger charge is -2.67. The lowest BCUT2D eigenvalue weighted by Crippen LogP contribution is -2.66. The topological polar surface area (TPSA) is 46.5 Å². The number of aliphatic hydroxyl groups is 1. The largest absolute Gasteiger partial charge is 0.456 e. The van der Waals surface area contributed by atoms with Gasteiger partial charge in [0.05, 0.1) is 5.60 Å². The molecule has 0 spiro atoms. The summed E-state index contributed by atoms with van der Waals surface area (Å²) in [6.45, 7) is 13.8. The van der Waals surface area contributed by atoms with Crippen LogP contribution in [0.1, 0.15) is 73.1 Å². The summed E-state index contributed by atoms with van der Waals surface area (Å²) in [5.74, 6) is -0.308. The number of hydrogen-bond acceptors (Lipinski definition) is 3. The van der Waals surface area contributed by atoms with E-state index in [2.05, 4.69) is 20.4 Å². The molecular formula is C18H30O3. The van der Waals surface area contributed by atoms with Gasteiger partial charge in [-0.15, -0.1) is 0 Å². The highest BCUT2D eigenvalue weighted by Crippen LogP contribution is 2.68. The first kappa shape index (κ1) is 16.5. The van der Waals surface area contributed by atoms with E-state index in [1.54, 1.807) is 6.92 Å². The third-order valence-electron chi connectivity index (χ3n) is 5.17. The molecule has 0 aromatic rings. The minimum atomic E-state index is -0.645. The molecule has 0 saturated heterocycles. The summed E-state index contributed by atoms with van der Waals surface area (Å²) >= 11 is 0. The third kappa shape index (κ3) is 2.90. The van der Waals surface area contributed by atoms with Crippen molar-refractivity contribution in [2.24, 2.45) is 10.8 Å². The summed E-state index contributed by atoms with van der Waals surface area (Å²) in [5, 5.41) is 10.8. The molecule has 0 aromatic carbocycles. The summed E-state index contributed by atoms with van der Waals surface area (Å²) in [7, 11) is 0. The molecule has 0 aliphatic heterocycles. The first-order valence-corrected chi connectivity index (χ1v) is 8.18. The van der Waals surface area contributed by atoms with Crippen LogP contribution in [0.5, 0.6) is 0 Å². The standard InChI is InChI=1S/C16H24O3.C2H6/c1-11(2)12(17)19-16-8-13(3)5-14(4,9-16)7-15(18,6-13)10-16;1-2/h18H,1,5-10H2,2-4H3;1-2H3. The van der Waals surface area contributed by atoms with Crippen LogP contribution in [0, 0.1) is 10.8 Å². The highest BCUT2D eigenvalue weighted by Gasteiger charge is 2.66. The Hall–Kier alpha value is -0.830.